The van der Waals surface area contributed by atoms with Crippen LogP contribution < -0.4 is 10.5 Å². The normalized spacial score (nSPS) is 12.8. The van der Waals surface area contributed by atoms with Crippen molar-refractivity contribution in [2.24, 2.45) is 5.73 Å². The molecule has 0 aliphatic carbocycles. The van der Waals surface area contributed by atoms with Gasteiger partial charge < -0.3 is 20.6 Å². The number of imidazole rings is 1. The summed E-state index contributed by atoms with van der Waals surface area (Å²) in [4.78, 5) is 7.15. The van der Waals surface area contributed by atoms with E-state index in [2.05, 4.69) is 9.97 Å². The van der Waals surface area contributed by atoms with Gasteiger partial charge in [0.2, 0.25) is 5.88 Å². The van der Waals surface area contributed by atoms with Crippen molar-refractivity contribution < 1.29 is 9.84 Å². The van der Waals surface area contributed by atoms with Crippen molar-refractivity contribution in [1.82, 2.24) is 9.97 Å². The summed E-state index contributed by atoms with van der Waals surface area (Å²) in [7, 11) is 0. The van der Waals surface area contributed by atoms with Crippen LogP contribution in [0.3, 0.4) is 0 Å². The van der Waals surface area contributed by atoms with Crippen molar-refractivity contribution in [3.05, 3.63) is 12.0 Å². The zero-order valence-electron chi connectivity index (χ0n) is 8.06. The highest BCUT2D eigenvalue weighted by molar-refractivity contribution is 7.98. The Morgan fingerprint density at radius 1 is 1.79 bits per heavy atom. The molecule has 0 saturated heterocycles. The molecule has 0 fully saturated rings. The Bertz CT molecular complexity index is 263. The van der Waals surface area contributed by atoms with Crippen LogP contribution in [0.1, 0.15) is 11.1 Å². The monoisotopic (exact) mass is 217 g/mol. The second-order valence-corrected chi connectivity index (χ2v) is 3.71. The van der Waals surface area contributed by atoms with E-state index in [4.69, 9.17) is 15.6 Å². The molecule has 5 nitrogen and oxygen atoms in total. The maximum Gasteiger partial charge on any atom is 0.211 e. The molecule has 80 valence electrons. The van der Waals surface area contributed by atoms with E-state index in [1.165, 1.54) is 0 Å². The van der Waals surface area contributed by atoms with Gasteiger partial charge in [-0.25, -0.2) is 4.98 Å². The van der Waals surface area contributed by atoms with E-state index in [1.807, 2.05) is 6.26 Å². The molecule has 1 unspecified atom stereocenters. The van der Waals surface area contributed by atoms with E-state index < -0.39 is 0 Å². The quantitative estimate of drug-likeness (QED) is 0.631. The van der Waals surface area contributed by atoms with Crippen molar-refractivity contribution in [2.45, 2.75) is 5.25 Å². The predicted octanol–water partition coefficient (Wildman–Crippen LogP) is 0.144. The molecule has 14 heavy (non-hydrogen) atoms. The molecular formula is C8H15N3O2S. The first-order valence-corrected chi connectivity index (χ1v) is 5.62. The topological polar surface area (TPSA) is 84.2 Å². The SMILES string of the molecule is CSC(CN)c1ncc(OCCO)[nH]1. The smallest absolute Gasteiger partial charge is 0.211 e. The number of aliphatic hydroxyl groups is 1. The standard InChI is InChI=1S/C8H15N3O2S/c1-14-6(4-9)8-10-5-7(11-8)13-3-2-12/h5-6,12H,2-4,9H2,1H3,(H,10,11). The molecule has 1 rings (SSSR count). The summed E-state index contributed by atoms with van der Waals surface area (Å²) < 4.78 is 5.16. The van der Waals surface area contributed by atoms with Gasteiger partial charge in [0.05, 0.1) is 18.1 Å². The number of ether oxygens (including phenoxy) is 1. The van der Waals surface area contributed by atoms with Gasteiger partial charge in [-0.2, -0.15) is 11.8 Å². The molecule has 1 aromatic rings. The van der Waals surface area contributed by atoms with Gasteiger partial charge in [0, 0.05) is 6.54 Å². The number of hydrogen-bond acceptors (Lipinski definition) is 5. The Kier molecular flexibility index (Phi) is 4.78. The van der Waals surface area contributed by atoms with Gasteiger partial charge in [-0.15, -0.1) is 0 Å². The van der Waals surface area contributed by atoms with Crippen LogP contribution in [0.5, 0.6) is 5.88 Å². The van der Waals surface area contributed by atoms with Crippen LogP contribution in [0, 0.1) is 0 Å². The summed E-state index contributed by atoms with van der Waals surface area (Å²) in [6.45, 7) is 0.805. The molecule has 0 aliphatic heterocycles. The summed E-state index contributed by atoms with van der Waals surface area (Å²) in [6, 6.07) is 0. The average molecular weight is 217 g/mol. The molecule has 1 heterocycles. The molecule has 4 N–H and O–H groups in total. The van der Waals surface area contributed by atoms with Crippen molar-refractivity contribution in [2.75, 3.05) is 26.0 Å². The average Bonchev–Trinajstić information content (AvgIpc) is 2.65. The van der Waals surface area contributed by atoms with Gasteiger partial charge >= 0.3 is 0 Å². The van der Waals surface area contributed by atoms with Crippen LogP contribution >= 0.6 is 11.8 Å². The lowest BCUT2D eigenvalue weighted by atomic mass is 10.4. The van der Waals surface area contributed by atoms with Crippen LogP contribution in [0.4, 0.5) is 0 Å². The Balaban J connectivity index is 2.57. The predicted molar refractivity (Wildman–Crippen MR) is 56.5 cm³/mol. The van der Waals surface area contributed by atoms with Gasteiger partial charge in [0.15, 0.2) is 0 Å². The van der Waals surface area contributed by atoms with Gasteiger partial charge in [-0.05, 0) is 6.26 Å². The number of aliphatic hydroxyl groups excluding tert-OH is 1. The molecule has 0 spiro atoms. The van der Waals surface area contributed by atoms with Crippen LogP contribution in [-0.4, -0.2) is 41.1 Å². The lowest BCUT2D eigenvalue weighted by molar-refractivity contribution is 0.197. The lowest BCUT2D eigenvalue weighted by Gasteiger charge is -2.07. The largest absolute Gasteiger partial charge is 0.475 e. The first-order chi connectivity index (χ1) is 6.81. The number of aromatic amines is 1. The van der Waals surface area contributed by atoms with Crippen molar-refractivity contribution in [1.29, 1.82) is 0 Å². The first kappa shape index (κ1) is 11.4. The fourth-order valence-electron chi connectivity index (χ4n) is 1.03. The van der Waals surface area contributed by atoms with E-state index in [9.17, 15) is 0 Å². The Hall–Kier alpha value is -0.720. The number of nitrogens with two attached hydrogens (primary N) is 1. The van der Waals surface area contributed by atoms with Crippen LogP contribution in [0.25, 0.3) is 0 Å². The van der Waals surface area contributed by atoms with Crippen LogP contribution in [-0.2, 0) is 0 Å². The molecule has 0 radical (unpaired) electrons. The molecule has 0 aromatic carbocycles. The van der Waals surface area contributed by atoms with Crippen LogP contribution in [0.2, 0.25) is 0 Å². The van der Waals surface area contributed by atoms with Crippen LogP contribution in [0.15, 0.2) is 6.20 Å². The highest BCUT2D eigenvalue weighted by Crippen LogP contribution is 2.23. The summed E-state index contributed by atoms with van der Waals surface area (Å²) in [5, 5.41) is 8.72. The van der Waals surface area contributed by atoms with E-state index >= 15 is 0 Å². The lowest BCUT2D eigenvalue weighted by Crippen LogP contribution is -2.10. The van der Waals surface area contributed by atoms with Crippen molar-refractivity contribution in [3.8, 4) is 5.88 Å². The Morgan fingerprint density at radius 3 is 3.14 bits per heavy atom. The van der Waals surface area contributed by atoms with Crippen molar-refractivity contribution >= 4 is 11.8 Å². The summed E-state index contributed by atoms with van der Waals surface area (Å²) in [6.07, 6.45) is 3.58. The minimum atomic E-state index is -0.00278. The number of hydrogen-bond donors (Lipinski definition) is 3. The third kappa shape index (κ3) is 2.90. The summed E-state index contributed by atoms with van der Waals surface area (Å²) in [5.41, 5.74) is 5.56. The summed E-state index contributed by atoms with van der Waals surface area (Å²) >= 11 is 1.64. The number of rotatable bonds is 6. The highest BCUT2D eigenvalue weighted by atomic mass is 32.2. The molecule has 0 saturated carbocycles. The zero-order valence-corrected chi connectivity index (χ0v) is 8.88. The number of aromatic nitrogens is 2. The fourth-order valence-corrected chi connectivity index (χ4v) is 1.57. The Morgan fingerprint density at radius 2 is 2.57 bits per heavy atom. The summed E-state index contributed by atoms with van der Waals surface area (Å²) in [5.74, 6) is 1.38. The molecular weight excluding hydrogens is 202 g/mol. The molecule has 6 heteroatoms. The molecule has 1 aromatic heterocycles. The zero-order chi connectivity index (χ0) is 10.4. The van der Waals surface area contributed by atoms with Gasteiger partial charge in [0.25, 0.3) is 0 Å². The Labute approximate surface area is 87.1 Å². The highest BCUT2D eigenvalue weighted by Gasteiger charge is 2.11. The third-order valence-electron chi connectivity index (χ3n) is 1.72. The minimum absolute atomic E-state index is 0.00278. The maximum atomic E-state index is 8.55. The molecule has 0 bridgehead atoms. The fraction of sp³-hybridized carbons (Fsp3) is 0.625. The van der Waals surface area contributed by atoms with E-state index in [-0.39, 0.29) is 18.5 Å². The van der Waals surface area contributed by atoms with E-state index in [0.29, 0.717) is 12.4 Å². The number of nitrogens with zero attached hydrogens (tertiary/aromatic N) is 1. The van der Waals surface area contributed by atoms with E-state index in [1.54, 1.807) is 18.0 Å². The molecule has 0 amide bonds. The second kappa shape index (κ2) is 5.90. The molecule has 1 atom stereocenters. The minimum Gasteiger partial charge on any atom is -0.475 e. The second-order valence-electron chi connectivity index (χ2n) is 2.66. The van der Waals surface area contributed by atoms with Crippen molar-refractivity contribution in [3.63, 3.8) is 0 Å². The van der Waals surface area contributed by atoms with Gasteiger partial charge in [-0.1, -0.05) is 0 Å². The number of H-pyrrole nitrogens is 1. The van der Waals surface area contributed by atoms with Gasteiger partial charge in [0.1, 0.15) is 12.4 Å². The van der Waals surface area contributed by atoms with E-state index in [0.717, 1.165) is 5.82 Å². The van der Waals surface area contributed by atoms with Gasteiger partial charge in [-0.3, -0.25) is 0 Å². The number of thioether (sulfide) groups is 1. The molecule has 0 aliphatic rings. The third-order valence-corrected chi connectivity index (χ3v) is 2.71. The maximum absolute atomic E-state index is 8.55. The first-order valence-electron chi connectivity index (χ1n) is 4.33. The number of nitrogens with one attached hydrogen (secondary N) is 1.